The molecular weight excluding hydrogens is 333 g/mol. The monoisotopic (exact) mass is 352 g/mol. The van der Waals surface area contributed by atoms with E-state index < -0.39 is 17.3 Å². The number of rotatable bonds is 4. The van der Waals surface area contributed by atoms with E-state index in [1.807, 2.05) is 11.5 Å². The third-order valence-corrected chi connectivity index (χ3v) is 4.59. The number of benzene rings is 1. The summed E-state index contributed by atoms with van der Waals surface area (Å²) in [5.41, 5.74) is 0.897. The predicted octanol–water partition coefficient (Wildman–Crippen LogP) is 3.75. The lowest BCUT2D eigenvalue weighted by atomic mass is 10.0. The van der Waals surface area contributed by atoms with Crippen molar-refractivity contribution in [3.05, 3.63) is 45.4 Å². The summed E-state index contributed by atoms with van der Waals surface area (Å²) in [6.45, 7) is 4.30. The smallest absolute Gasteiger partial charge is 0.396 e. The Kier molecular flexibility index (Phi) is 4.36. The van der Waals surface area contributed by atoms with Crippen LogP contribution in [0.3, 0.4) is 0 Å². The van der Waals surface area contributed by atoms with Gasteiger partial charge in [-0.1, -0.05) is 6.92 Å². The number of H-pyrrole nitrogens is 1. The number of hydrogen-bond donors (Lipinski definition) is 2. The zero-order valence-electron chi connectivity index (χ0n) is 14.0. The highest BCUT2D eigenvalue weighted by Crippen LogP contribution is 2.39. The molecule has 2 aromatic heterocycles. The molecule has 0 fully saturated rings. The van der Waals surface area contributed by atoms with E-state index in [2.05, 4.69) is 4.98 Å². The largest absolute Gasteiger partial charge is 0.417 e. The summed E-state index contributed by atoms with van der Waals surface area (Å²) in [5.74, 6) is 0. The molecule has 2 heterocycles. The van der Waals surface area contributed by atoms with Crippen LogP contribution in [0.1, 0.15) is 30.2 Å². The van der Waals surface area contributed by atoms with Crippen molar-refractivity contribution >= 4 is 21.8 Å². The predicted molar refractivity (Wildman–Crippen MR) is 90.9 cm³/mol. The van der Waals surface area contributed by atoms with E-state index in [0.29, 0.717) is 36.4 Å². The lowest BCUT2D eigenvalue weighted by molar-refractivity contribution is -0.136. The minimum atomic E-state index is -4.62. The van der Waals surface area contributed by atoms with E-state index in [-0.39, 0.29) is 17.5 Å². The summed E-state index contributed by atoms with van der Waals surface area (Å²) in [6.07, 6.45) is -3.43. The van der Waals surface area contributed by atoms with Crippen LogP contribution in [-0.4, -0.2) is 21.3 Å². The van der Waals surface area contributed by atoms with Gasteiger partial charge in [0.15, 0.2) is 0 Å². The Morgan fingerprint density at radius 3 is 2.56 bits per heavy atom. The average molecular weight is 352 g/mol. The number of fused-ring (bicyclic) bond motifs is 3. The summed E-state index contributed by atoms with van der Waals surface area (Å²) in [6, 6.07) is 3.87. The topological polar surface area (TPSA) is 58.0 Å². The van der Waals surface area contributed by atoms with Gasteiger partial charge in [-0.3, -0.25) is 4.79 Å². The lowest BCUT2D eigenvalue weighted by Gasteiger charge is -2.12. The van der Waals surface area contributed by atoms with E-state index >= 15 is 0 Å². The summed E-state index contributed by atoms with van der Waals surface area (Å²) < 4.78 is 42.6. The molecule has 1 aromatic carbocycles. The minimum absolute atomic E-state index is 0.0105. The highest BCUT2D eigenvalue weighted by atomic mass is 19.4. The fraction of sp³-hybridized carbons (Fsp3) is 0.389. The molecule has 0 saturated carbocycles. The van der Waals surface area contributed by atoms with Gasteiger partial charge in [0, 0.05) is 46.7 Å². The molecule has 3 rings (SSSR count). The van der Waals surface area contributed by atoms with Crippen LogP contribution >= 0.6 is 0 Å². The molecule has 134 valence electrons. The Bertz CT molecular complexity index is 1000. The van der Waals surface area contributed by atoms with Crippen LogP contribution in [0, 0.1) is 6.92 Å². The Balaban J connectivity index is 2.50. The van der Waals surface area contributed by atoms with Gasteiger partial charge in [-0.05, 0) is 37.5 Å². The molecule has 7 heteroatoms. The molecule has 0 bridgehead atoms. The van der Waals surface area contributed by atoms with Crippen LogP contribution in [0.15, 0.2) is 23.0 Å². The zero-order chi connectivity index (χ0) is 18.4. The number of aryl methyl sites for hydroxylation is 2. The first-order valence-corrected chi connectivity index (χ1v) is 8.15. The zero-order valence-corrected chi connectivity index (χ0v) is 14.0. The number of halogens is 3. The van der Waals surface area contributed by atoms with Gasteiger partial charge in [0.05, 0.1) is 5.56 Å². The number of aromatic amines is 1. The Morgan fingerprint density at radius 2 is 1.96 bits per heavy atom. The van der Waals surface area contributed by atoms with Crippen LogP contribution in [0.25, 0.3) is 21.8 Å². The van der Waals surface area contributed by atoms with Crippen molar-refractivity contribution in [1.82, 2.24) is 9.55 Å². The maximum absolute atomic E-state index is 13.6. The second-order valence-corrected chi connectivity index (χ2v) is 6.08. The highest BCUT2D eigenvalue weighted by molar-refractivity contribution is 6.09. The number of aliphatic hydroxyl groups excluding tert-OH is 1. The molecule has 0 atom stereocenters. The molecule has 0 amide bonds. The molecule has 4 nitrogen and oxygen atoms in total. The fourth-order valence-electron chi connectivity index (χ4n) is 3.61. The van der Waals surface area contributed by atoms with Crippen LogP contribution in [-0.2, 0) is 19.1 Å². The number of aromatic nitrogens is 2. The van der Waals surface area contributed by atoms with Crippen molar-refractivity contribution < 1.29 is 18.3 Å². The number of nitrogens with one attached hydrogen (secondary N) is 1. The maximum Gasteiger partial charge on any atom is 0.417 e. The van der Waals surface area contributed by atoms with Crippen molar-refractivity contribution in [3.63, 3.8) is 0 Å². The van der Waals surface area contributed by atoms with Gasteiger partial charge in [0.1, 0.15) is 0 Å². The first kappa shape index (κ1) is 17.5. The van der Waals surface area contributed by atoms with Gasteiger partial charge in [0.25, 0.3) is 0 Å². The van der Waals surface area contributed by atoms with Gasteiger partial charge in [-0.15, -0.1) is 0 Å². The maximum atomic E-state index is 13.6. The Hall–Kier alpha value is -2.28. The van der Waals surface area contributed by atoms with Gasteiger partial charge < -0.3 is 14.7 Å². The van der Waals surface area contributed by atoms with E-state index in [4.69, 9.17) is 5.11 Å². The third kappa shape index (κ3) is 2.82. The van der Waals surface area contributed by atoms with Crippen LogP contribution in [0.5, 0.6) is 0 Å². The number of pyridine rings is 1. The summed E-state index contributed by atoms with van der Waals surface area (Å²) >= 11 is 0. The quantitative estimate of drug-likeness (QED) is 0.751. The number of alkyl halides is 3. The summed E-state index contributed by atoms with van der Waals surface area (Å²) in [4.78, 5) is 14.2. The first-order valence-electron chi connectivity index (χ1n) is 8.15. The highest BCUT2D eigenvalue weighted by Gasteiger charge is 2.34. The minimum Gasteiger partial charge on any atom is -0.396 e. The van der Waals surface area contributed by atoms with Crippen molar-refractivity contribution in [2.24, 2.45) is 0 Å². The van der Waals surface area contributed by atoms with Crippen molar-refractivity contribution in [1.29, 1.82) is 0 Å². The normalized spacial score (nSPS) is 12.4. The molecule has 2 N–H and O–H groups in total. The SMILES string of the molecule is CCc1c(C)c2c3c(C(F)(F)F)cc(=O)[nH]c3ccc2n1CCCO. The molecule has 25 heavy (non-hydrogen) atoms. The second kappa shape index (κ2) is 6.22. The standard InChI is InChI=1S/C18H19F3N2O2/c1-3-13-10(2)16-14(23(13)7-4-8-24)6-5-12-17(16)11(18(19,20)21)9-15(25)22-12/h5-6,9,24H,3-4,7-8H2,1-2H3,(H,22,25). The molecular formula is C18H19F3N2O2. The van der Waals surface area contributed by atoms with Crippen molar-refractivity contribution in [3.8, 4) is 0 Å². The van der Waals surface area contributed by atoms with Gasteiger partial charge in [-0.25, -0.2) is 0 Å². The molecule has 0 aliphatic carbocycles. The van der Waals surface area contributed by atoms with Gasteiger partial charge in [0.2, 0.25) is 5.56 Å². The van der Waals surface area contributed by atoms with Gasteiger partial charge in [-0.2, -0.15) is 13.2 Å². The summed E-state index contributed by atoms with van der Waals surface area (Å²) in [7, 11) is 0. The van der Waals surface area contributed by atoms with Crippen molar-refractivity contribution in [2.45, 2.75) is 39.4 Å². The third-order valence-electron chi connectivity index (χ3n) is 4.59. The first-order chi connectivity index (χ1) is 11.8. The van der Waals surface area contributed by atoms with E-state index in [0.717, 1.165) is 11.3 Å². The van der Waals surface area contributed by atoms with E-state index in [9.17, 15) is 18.0 Å². The molecule has 0 spiro atoms. The van der Waals surface area contributed by atoms with Crippen LogP contribution in [0.2, 0.25) is 0 Å². The van der Waals surface area contributed by atoms with Crippen LogP contribution in [0.4, 0.5) is 13.2 Å². The molecule has 0 unspecified atom stereocenters. The Morgan fingerprint density at radius 1 is 1.24 bits per heavy atom. The molecule has 3 aromatic rings. The number of nitrogens with zero attached hydrogens (tertiary/aromatic N) is 1. The second-order valence-electron chi connectivity index (χ2n) is 6.08. The Labute approximate surface area is 141 Å². The number of hydrogen-bond acceptors (Lipinski definition) is 2. The molecule has 0 radical (unpaired) electrons. The summed E-state index contributed by atoms with van der Waals surface area (Å²) in [5, 5.41) is 9.66. The molecule has 0 saturated heterocycles. The van der Waals surface area contributed by atoms with Crippen molar-refractivity contribution in [2.75, 3.05) is 6.61 Å². The molecule has 0 aliphatic rings. The average Bonchev–Trinajstić information content (AvgIpc) is 2.82. The van der Waals surface area contributed by atoms with Crippen LogP contribution < -0.4 is 5.56 Å². The lowest BCUT2D eigenvalue weighted by Crippen LogP contribution is -2.14. The number of aliphatic hydroxyl groups is 1. The van der Waals surface area contributed by atoms with E-state index in [1.54, 1.807) is 13.0 Å². The fourth-order valence-corrected chi connectivity index (χ4v) is 3.61. The molecule has 0 aliphatic heterocycles. The van der Waals surface area contributed by atoms with E-state index in [1.165, 1.54) is 6.07 Å². The van der Waals surface area contributed by atoms with Gasteiger partial charge >= 0.3 is 6.18 Å².